The van der Waals surface area contributed by atoms with E-state index in [9.17, 15) is 0 Å². The van der Waals surface area contributed by atoms with Gasteiger partial charge in [-0.2, -0.15) is 0 Å². The van der Waals surface area contributed by atoms with Gasteiger partial charge in [-0.1, -0.05) is 24.3 Å². The summed E-state index contributed by atoms with van der Waals surface area (Å²) in [5.74, 6) is 0.546. The monoisotopic (exact) mass is 145 g/mol. The summed E-state index contributed by atoms with van der Waals surface area (Å²) in [6.07, 6.45) is 11.6. The molecule has 0 N–H and O–H groups in total. The Labute approximate surface area is 66.8 Å². The molecule has 0 saturated carbocycles. The molecule has 11 heavy (non-hydrogen) atoms. The van der Waals surface area contributed by atoms with E-state index in [0.717, 1.165) is 6.42 Å². The second-order valence-corrected chi connectivity index (χ2v) is 2.98. The molecule has 1 heteroatoms. The first-order chi connectivity index (χ1) is 5.38. The van der Waals surface area contributed by atoms with Crippen molar-refractivity contribution in [1.82, 2.24) is 0 Å². The van der Waals surface area contributed by atoms with Crippen molar-refractivity contribution in [3.05, 3.63) is 36.1 Å². The molecule has 1 nitrogen and oxygen atoms in total. The molecule has 1 aliphatic heterocycles. The molecule has 1 unspecified atom stereocenters. The zero-order chi connectivity index (χ0) is 7.68. The zero-order valence-electron chi connectivity index (χ0n) is 6.62. The predicted molar refractivity (Wildman–Crippen MR) is 47.6 cm³/mol. The van der Waals surface area contributed by atoms with Crippen LogP contribution in [0.3, 0.4) is 0 Å². The highest BCUT2D eigenvalue weighted by Gasteiger charge is 2.17. The minimum Gasteiger partial charge on any atom is -0.261 e. The summed E-state index contributed by atoms with van der Waals surface area (Å²) in [6.45, 7) is 2.12. The topological polar surface area (TPSA) is 12.4 Å². The Bertz CT molecular complexity index is 279. The van der Waals surface area contributed by atoms with Crippen LogP contribution in [-0.4, -0.2) is 5.71 Å². The Balaban J connectivity index is 2.40. The number of hydrogen-bond acceptors (Lipinski definition) is 1. The molecule has 0 bridgehead atoms. The minimum absolute atomic E-state index is 0.546. The van der Waals surface area contributed by atoms with Crippen molar-refractivity contribution in [2.24, 2.45) is 10.9 Å². The van der Waals surface area contributed by atoms with Gasteiger partial charge in [-0.05, 0) is 18.9 Å². The zero-order valence-corrected chi connectivity index (χ0v) is 6.62. The Morgan fingerprint density at radius 3 is 3.27 bits per heavy atom. The summed E-state index contributed by atoms with van der Waals surface area (Å²) in [5, 5.41) is 0. The van der Waals surface area contributed by atoms with E-state index in [0.29, 0.717) is 5.92 Å². The van der Waals surface area contributed by atoms with Crippen molar-refractivity contribution >= 4 is 5.71 Å². The molecule has 0 aromatic carbocycles. The third-order valence-corrected chi connectivity index (χ3v) is 2.15. The molecule has 0 aromatic heterocycles. The average Bonchev–Trinajstić information content (AvgIpc) is 2.06. The second-order valence-electron chi connectivity index (χ2n) is 2.98. The maximum Gasteiger partial charge on any atom is 0.0504 e. The van der Waals surface area contributed by atoms with E-state index in [1.165, 1.54) is 11.3 Å². The number of fused-ring (bicyclic) bond motifs is 1. The van der Waals surface area contributed by atoms with Gasteiger partial charge >= 0.3 is 0 Å². The van der Waals surface area contributed by atoms with Gasteiger partial charge in [0.15, 0.2) is 0 Å². The van der Waals surface area contributed by atoms with Crippen molar-refractivity contribution in [3.63, 3.8) is 0 Å². The molecule has 0 amide bonds. The van der Waals surface area contributed by atoms with Crippen molar-refractivity contribution in [1.29, 1.82) is 0 Å². The second kappa shape index (κ2) is 2.50. The van der Waals surface area contributed by atoms with Gasteiger partial charge in [0.05, 0.1) is 5.71 Å². The Morgan fingerprint density at radius 2 is 2.45 bits per heavy atom. The molecule has 1 heterocycles. The number of aliphatic imine (C=N–C) groups is 1. The van der Waals surface area contributed by atoms with Crippen molar-refractivity contribution in [3.8, 4) is 0 Å². The third kappa shape index (κ3) is 1.07. The van der Waals surface area contributed by atoms with E-state index in [2.05, 4.69) is 36.2 Å². The van der Waals surface area contributed by atoms with Gasteiger partial charge in [0.1, 0.15) is 0 Å². The average molecular weight is 145 g/mol. The Hall–Kier alpha value is -1.11. The van der Waals surface area contributed by atoms with E-state index in [1.807, 2.05) is 6.20 Å². The Morgan fingerprint density at radius 1 is 1.55 bits per heavy atom. The van der Waals surface area contributed by atoms with Gasteiger partial charge in [0.2, 0.25) is 0 Å². The summed E-state index contributed by atoms with van der Waals surface area (Å²) in [6, 6.07) is 0. The van der Waals surface area contributed by atoms with Crippen LogP contribution in [0, 0.1) is 5.92 Å². The fourth-order valence-electron chi connectivity index (χ4n) is 1.53. The van der Waals surface area contributed by atoms with E-state index in [1.54, 1.807) is 0 Å². The number of rotatable bonds is 0. The largest absolute Gasteiger partial charge is 0.261 e. The van der Waals surface area contributed by atoms with Crippen LogP contribution in [0.4, 0.5) is 0 Å². The fourth-order valence-corrected chi connectivity index (χ4v) is 1.53. The van der Waals surface area contributed by atoms with Gasteiger partial charge in [-0.3, -0.25) is 4.99 Å². The SMILES string of the molecule is CC1=CC=CC2CC=CN=C12. The summed E-state index contributed by atoms with van der Waals surface area (Å²) < 4.78 is 0. The highest BCUT2D eigenvalue weighted by molar-refractivity contribution is 6.04. The van der Waals surface area contributed by atoms with Crippen LogP contribution in [-0.2, 0) is 0 Å². The quantitative estimate of drug-likeness (QED) is 0.496. The first kappa shape index (κ1) is 6.59. The highest BCUT2D eigenvalue weighted by Crippen LogP contribution is 2.22. The van der Waals surface area contributed by atoms with E-state index in [-0.39, 0.29) is 0 Å². The number of hydrogen-bond donors (Lipinski definition) is 0. The summed E-state index contributed by atoms with van der Waals surface area (Å²) in [4.78, 5) is 4.35. The van der Waals surface area contributed by atoms with Gasteiger partial charge in [-0.25, -0.2) is 0 Å². The summed E-state index contributed by atoms with van der Waals surface area (Å²) in [5.41, 5.74) is 2.55. The van der Waals surface area contributed by atoms with E-state index in [4.69, 9.17) is 0 Å². The molecular formula is C10H11N. The third-order valence-electron chi connectivity index (χ3n) is 2.15. The molecule has 2 rings (SSSR count). The summed E-state index contributed by atoms with van der Waals surface area (Å²) >= 11 is 0. The standard InChI is InChI=1S/C10H11N/c1-8-4-2-5-9-6-3-7-11-10(8)9/h2-5,7,9H,6H2,1H3. The van der Waals surface area contributed by atoms with Crippen LogP contribution < -0.4 is 0 Å². The summed E-state index contributed by atoms with van der Waals surface area (Å²) in [7, 11) is 0. The smallest absolute Gasteiger partial charge is 0.0504 e. The van der Waals surface area contributed by atoms with Crippen molar-refractivity contribution in [2.75, 3.05) is 0 Å². The molecular weight excluding hydrogens is 134 g/mol. The van der Waals surface area contributed by atoms with Crippen LogP contribution in [0.2, 0.25) is 0 Å². The lowest BCUT2D eigenvalue weighted by Gasteiger charge is -2.19. The van der Waals surface area contributed by atoms with E-state index >= 15 is 0 Å². The van der Waals surface area contributed by atoms with E-state index < -0.39 is 0 Å². The maximum absolute atomic E-state index is 4.35. The lowest BCUT2D eigenvalue weighted by molar-refractivity contribution is 0.854. The maximum atomic E-state index is 4.35. The van der Waals surface area contributed by atoms with Crippen LogP contribution in [0.25, 0.3) is 0 Å². The lowest BCUT2D eigenvalue weighted by atomic mass is 9.89. The van der Waals surface area contributed by atoms with Crippen LogP contribution in [0.5, 0.6) is 0 Å². The van der Waals surface area contributed by atoms with Crippen molar-refractivity contribution < 1.29 is 0 Å². The number of nitrogens with zero attached hydrogens (tertiary/aromatic N) is 1. The first-order valence-electron chi connectivity index (χ1n) is 3.96. The molecule has 0 saturated heterocycles. The van der Waals surface area contributed by atoms with Crippen LogP contribution in [0.1, 0.15) is 13.3 Å². The minimum atomic E-state index is 0.546. The highest BCUT2D eigenvalue weighted by atomic mass is 14.7. The van der Waals surface area contributed by atoms with Gasteiger partial charge in [0, 0.05) is 12.1 Å². The Kier molecular flexibility index (Phi) is 1.50. The molecule has 0 aromatic rings. The molecule has 1 atom stereocenters. The van der Waals surface area contributed by atoms with Gasteiger partial charge in [-0.15, -0.1) is 0 Å². The van der Waals surface area contributed by atoms with Crippen molar-refractivity contribution in [2.45, 2.75) is 13.3 Å². The predicted octanol–water partition coefficient (Wildman–Crippen LogP) is 2.48. The fraction of sp³-hybridized carbons (Fsp3) is 0.300. The first-order valence-corrected chi connectivity index (χ1v) is 3.96. The molecule has 56 valence electrons. The van der Waals surface area contributed by atoms with Gasteiger partial charge in [0.25, 0.3) is 0 Å². The molecule has 0 radical (unpaired) electrons. The molecule has 0 spiro atoms. The van der Waals surface area contributed by atoms with Crippen LogP contribution >= 0.6 is 0 Å². The lowest BCUT2D eigenvalue weighted by Crippen LogP contribution is -2.17. The molecule has 0 fully saturated rings. The van der Waals surface area contributed by atoms with Gasteiger partial charge < -0.3 is 0 Å². The molecule has 2 aliphatic rings. The number of allylic oxidation sites excluding steroid dienone is 5. The molecule has 1 aliphatic carbocycles. The normalized spacial score (nSPS) is 27.5. The van der Waals surface area contributed by atoms with Crippen LogP contribution in [0.15, 0.2) is 41.1 Å².